The molecule has 1 saturated heterocycles. The fraction of sp³-hybridized carbons (Fsp3) is 0.391. The van der Waals surface area contributed by atoms with Crippen molar-refractivity contribution in [1.29, 1.82) is 0 Å². The minimum absolute atomic E-state index is 0.0876. The van der Waals surface area contributed by atoms with E-state index in [1.165, 1.54) is 0 Å². The topological polar surface area (TPSA) is 85.9 Å². The van der Waals surface area contributed by atoms with Crippen LogP contribution in [0.2, 0.25) is 5.02 Å². The van der Waals surface area contributed by atoms with E-state index in [1.54, 1.807) is 31.4 Å². The van der Waals surface area contributed by atoms with Crippen LogP contribution in [0.5, 0.6) is 11.5 Å². The standard InChI is InChI=1S/C23H27ClN2O5/c1-29-20-9-8-18(24)11-17(20)12-22(27)25-13-16-5-2-3-7-21(16)31-15-23(28)26-14-19-6-4-10-30-19/h2-3,5,7-9,11,19H,4,6,10,12-15H2,1H3,(H,25,27)(H,26,28). The van der Waals surface area contributed by atoms with Crippen molar-refractivity contribution < 1.29 is 23.8 Å². The highest BCUT2D eigenvalue weighted by Gasteiger charge is 2.16. The molecule has 0 spiro atoms. The van der Waals surface area contributed by atoms with Crippen LogP contribution in [-0.4, -0.2) is 44.8 Å². The molecule has 166 valence electrons. The summed E-state index contributed by atoms with van der Waals surface area (Å²) in [5.41, 5.74) is 1.49. The Hall–Kier alpha value is -2.77. The molecule has 1 aliphatic heterocycles. The summed E-state index contributed by atoms with van der Waals surface area (Å²) in [7, 11) is 1.55. The van der Waals surface area contributed by atoms with Crippen molar-refractivity contribution in [3.05, 3.63) is 58.6 Å². The second kappa shape index (κ2) is 11.6. The summed E-state index contributed by atoms with van der Waals surface area (Å²) < 4.78 is 16.5. The van der Waals surface area contributed by atoms with Gasteiger partial charge >= 0.3 is 0 Å². The van der Waals surface area contributed by atoms with Crippen molar-refractivity contribution >= 4 is 23.4 Å². The Kier molecular flexibility index (Phi) is 8.55. The van der Waals surface area contributed by atoms with Gasteiger partial charge < -0.3 is 24.8 Å². The second-order valence-corrected chi connectivity index (χ2v) is 7.68. The van der Waals surface area contributed by atoms with Crippen LogP contribution in [-0.2, 0) is 27.3 Å². The Bertz CT molecular complexity index is 899. The van der Waals surface area contributed by atoms with Crippen LogP contribution in [0.1, 0.15) is 24.0 Å². The molecule has 1 heterocycles. The Morgan fingerprint density at radius 2 is 1.94 bits per heavy atom. The molecule has 8 heteroatoms. The van der Waals surface area contributed by atoms with Gasteiger partial charge in [-0.25, -0.2) is 0 Å². The first kappa shape index (κ1) is 22.9. The van der Waals surface area contributed by atoms with Crippen LogP contribution >= 0.6 is 11.6 Å². The van der Waals surface area contributed by atoms with E-state index in [2.05, 4.69) is 10.6 Å². The third kappa shape index (κ3) is 7.15. The van der Waals surface area contributed by atoms with Crippen molar-refractivity contribution in [2.24, 2.45) is 0 Å². The number of methoxy groups -OCH3 is 1. The van der Waals surface area contributed by atoms with E-state index >= 15 is 0 Å². The molecule has 2 N–H and O–H groups in total. The minimum Gasteiger partial charge on any atom is -0.496 e. The molecule has 2 aromatic carbocycles. The van der Waals surface area contributed by atoms with E-state index in [0.717, 1.165) is 25.0 Å². The first-order chi connectivity index (χ1) is 15.0. The zero-order valence-electron chi connectivity index (χ0n) is 17.5. The predicted octanol–water partition coefficient (Wildman–Crippen LogP) is 2.88. The number of carbonyl (C=O) groups excluding carboxylic acids is 2. The van der Waals surface area contributed by atoms with Crippen LogP contribution in [0.3, 0.4) is 0 Å². The molecule has 1 aliphatic rings. The van der Waals surface area contributed by atoms with E-state index in [-0.39, 0.29) is 37.5 Å². The quantitative estimate of drug-likeness (QED) is 0.586. The third-order valence-corrected chi connectivity index (χ3v) is 5.19. The number of para-hydroxylation sites is 1. The number of benzene rings is 2. The number of halogens is 1. The van der Waals surface area contributed by atoms with Crippen LogP contribution in [0.15, 0.2) is 42.5 Å². The van der Waals surface area contributed by atoms with Gasteiger partial charge in [0.25, 0.3) is 5.91 Å². The largest absolute Gasteiger partial charge is 0.496 e. The molecule has 2 aromatic rings. The summed E-state index contributed by atoms with van der Waals surface area (Å²) in [6, 6.07) is 12.5. The van der Waals surface area contributed by atoms with Gasteiger partial charge in [0.05, 0.1) is 19.6 Å². The minimum atomic E-state index is -0.206. The van der Waals surface area contributed by atoms with E-state index in [1.807, 2.05) is 18.2 Å². The highest BCUT2D eigenvalue weighted by Crippen LogP contribution is 2.23. The number of nitrogens with one attached hydrogen (secondary N) is 2. The zero-order valence-corrected chi connectivity index (χ0v) is 18.2. The van der Waals surface area contributed by atoms with Gasteiger partial charge in [-0.2, -0.15) is 0 Å². The maximum Gasteiger partial charge on any atom is 0.258 e. The van der Waals surface area contributed by atoms with E-state index < -0.39 is 0 Å². The summed E-state index contributed by atoms with van der Waals surface area (Å²) >= 11 is 6.03. The van der Waals surface area contributed by atoms with Crippen LogP contribution in [0.25, 0.3) is 0 Å². The third-order valence-electron chi connectivity index (χ3n) is 4.95. The maximum absolute atomic E-state index is 12.4. The summed E-state index contributed by atoms with van der Waals surface area (Å²) in [5, 5.41) is 6.24. The van der Waals surface area contributed by atoms with Gasteiger partial charge in [-0.1, -0.05) is 29.8 Å². The normalized spacial score (nSPS) is 15.4. The number of ether oxygens (including phenoxy) is 3. The van der Waals surface area contributed by atoms with Crippen molar-refractivity contribution in [2.75, 3.05) is 26.9 Å². The van der Waals surface area contributed by atoms with Crippen molar-refractivity contribution in [1.82, 2.24) is 10.6 Å². The van der Waals surface area contributed by atoms with E-state index in [4.69, 9.17) is 25.8 Å². The van der Waals surface area contributed by atoms with Crippen LogP contribution < -0.4 is 20.1 Å². The van der Waals surface area contributed by atoms with Gasteiger partial charge in [0, 0.05) is 35.8 Å². The van der Waals surface area contributed by atoms with E-state index in [0.29, 0.717) is 28.6 Å². The first-order valence-corrected chi connectivity index (χ1v) is 10.6. The highest BCUT2D eigenvalue weighted by atomic mass is 35.5. The van der Waals surface area contributed by atoms with Crippen molar-refractivity contribution in [2.45, 2.75) is 31.9 Å². The smallest absolute Gasteiger partial charge is 0.258 e. The molecule has 0 saturated carbocycles. The Morgan fingerprint density at radius 1 is 1.10 bits per heavy atom. The lowest BCUT2D eigenvalue weighted by Crippen LogP contribution is -2.35. The Morgan fingerprint density at radius 3 is 2.71 bits per heavy atom. The fourth-order valence-corrected chi connectivity index (χ4v) is 3.53. The molecule has 0 aromatic heterocycles. The molecule has 7 nitrogen and oxygen atoms in total. The SMILES string of the molecule is COc1ccc(Cl)cc1CC(=O)NCc1ccccc1OCC(=O)NCC1CCCO1. The molecule has 0 aliphatic carbocycles. The molecular weight excluding hydrogens is 420 g/mol. The lowest BCUT2D eigenvalue weighted by atomic mass is 10.1. The summed E-state index contributed by atoms with van der Waals surface area (Å²) in [6.45, 7) is 1.42. The van der Waals surface area contributed by atoms with E-state index in [9.17, 15) is 9.59 Å². The van der Waals surface area contributed by atoms with Crippen molar-refractivity contribution in [3.8, 4) is 11.5 Å². The monoisotopic (exact) mass is 446 g/mol. The Labute approximate surface area is 187 Å². The molecule has 1 atom stereocenters. The number of hydrogen-bond donors (Lipinski definition) is 2. The molecule has 2 amide bonds. The molecular formula is C23H27ClN2O5. The fourth-order valence-electron chi connectivity index (χ4n) is 3.33. The van der Waals surface area contributed by atoms with Gasteiger partial charge in [0.15, 0.2) is 6.61 Å². The average Bonchev–Trinajstić information content (AvgIpc) is 3.29. The van der Waals surface area contributed by atoms with Crippen LogP contribution in [0, 0.1) is 0 Å². The van der Waals surface area contributed by atoms with Crippen LogP contribution in [0.4, 0.5) is 0 Å². The number of rotatable bonds is 10. The lowest BCUT2D eigenvalue weighted by molar-refractivity contribution is -0.123. The Balaban J connectivity index is 1.49. The molecule has 3 rings (SSSR count). The van der Waals surface area contributed by atoms with Gasteiger partial charge in [-0.15, -0.1) is 0 Å². The predicted molar refractivity (Wildman–Crippen MR) is 117 cm³/mol. The molecule has 0 radical (unpaired) electrons. The van der Waals surface area contributed by atoms with Gasteiger partial charge in [-0.3, -0.25) is 9.59 Å². The number of hydrogen-bond acceptors (Lipinski definition) is 5. The zero-order chi connectivity index (χ0) is 22.1. The maximum atomic E-state index is 12.4. The molecule has 1 fully saturated rings. The summed E-state index contributed by atoms with van der Waals surface area (Å²) in [4.78, 5) is 24.5. The lowest BCUT2D eigenvalue weighted by Gasteiger charge is -2.14. The second-order valence-electron chi connectivity index (χ2n) is 7.25. The number of carbonyl (C=O) groups is 2. The summed E-state index contributed by atoms with van der Waals surface area (Å²) in [5.74, 6) is 0.778. The van der Waals surface area contributed by atoms with Gasteiger partial charge in [-0.05, 0) is 37.1 Å². The summed E-state index contributed by atoms with van der Waals surface area (Å²) in [6.07, 6.45) is 2.22. The molecule has 0 bridgehead atoms. The average molecular weight is 447 g/mol. The highest BCUT2D eigenvalue weighted by molar-refractivity contribution is 6.30. The molecule has 31 heavy (non-hydrogen) atoms. The first-order valence-electron chi connectivity index (χ1n) is 10.2. The van der Waals surface area contributed by atoms with Gasteiger partial charge in [0.1, 0.15) is 11.5 Å². The van der Waals surface area contributed by atoms with Gasteiger partial charge in [0.2, 0.25) is 5.91 Å². The molecule has 1 unspecified atom stereocenters. The number of amides is 2. The van der Waals surface area contributed by atoms with Crippen molar-refractivity contribution in [3.63, 3.8) is 0 Å².